The van der Waals surface area contributed by atoms with Crippen molar-refractivity contribution < 1.29 is 23.0 Å². The second kappa shape index (κ2) is 8.24. The minimum atomic E-state index is -4.77. The number of aromatic nitrogens is 2. The summed E-state index contributed by atoms with van der Waals surface area (Å²) in [4.78, 5) is 0. The van der Waals surface area contributed by atoms with E-state index >= 15 is 0 Å². The number of ether oxygens (including phenoxy) is 1. The molecule has 3 rings (SSSR count). The zero-order chi connectivity index (χ0) is 20.3. The maximum absolute atomic E-state index is 12.6. The third kappa shape index (κ3) is 4.85. The molecular formula is C20H18ClF3N2O2. The number of hydrogen-bond donors (Lipinski definition) is 1. The summed E-state index contributed by atoms with van der Waals surface area (Å²) in [6, 6.07) is 9.58. The minimum Gasteiger partial charge on any atom is -0.406 e. The van der Waals surface area contributed by atoms with Crippen LogP contribution in [0.5, 0.6) is 5.75 Å². The van der Waals surface area contributed by atoms with Crippen LogP contribution in [-0.2, 0) is 6.54 Å². The van der Waals surface area contributed by atoms with Gasteiger partial charge in [0.25, 0.3) is 0 Å². The van der Waals surface area contributed by atoms with E-state index in [1.165, 1.54) is 12.1 Å². The molecule has 28 heavy (non-hydrogen) atoms. The van der Waals surface area contributed by atoms with Crippen LogP contribution in [0.4, 0.5) is 13.2 Å². The number of halogens is 4. The average Bonchev–Trinajstić information content (AvgIpc) is 2.93. The van der Waals surface area contributed by atoms with E-state index in [2.05, 4.69) is 9.84 Å². The van der Waals surface area contributed by atoms with E-state index in [1.807, 2.05) is 19.1 Å². The van der Waals surface area contributed by atoms with Crippen LogP contribution in [-0.4, -0.2) is 27.9 Å². The quantitative estimate of drug-likeness (QED) is 0.596. The van der Waals surface area contributed by atoms with E-state index in [9.17, 15) is 13.2 Å². The lowest BCUT2D eigenvalue weighted by atomic mass is 10.1. The fourth-order valence-corrected chi connectivity index (χ4v) is 3.11. The maximum Gasteiger partial charge on any atom is 0.573 e. The summed E-state index contributed by atoms with van der Waals surface area (Å²) in [7, 11) is 0. The molecule has 3 aromatic rings. The zero-order valence-electron chi connectivity index (χ0n) is 15.0. The molecule has 1 heterocycles. The Morgan fingerprint density at radius 3 is 2.68 bits per heavy atom. The molecule has 8 heteroatoms. The van der Waals surface area contributed by atoms with Gasteiger partial charge in [-0.05, 0) is 54.8 Å². The molecule has 0 saturated carbocycles. The van der Waals surface area contributed by atoms with Crippen molar-refractivity contribution in [3.05, 3.63) is 64.3 Å². The van der Waals surface area contributed by atoms with E-state index < -0.39 is 6.36 Å². The molecule has 0 radical (unpaired) electrons. The van der Waals surface area contributed by atoms with Crippen LogP contribution in [0.2, 0.25) is 5.02 Å². The molecular weight excluding hydrogens is 393 g/mol. The van der Waals surface area contributed by atoms with Crippen molar-refractivity contribution in [3.8, 4) is 5.75 Å². The van der Waals surface area contributed by atoms with Gasteiger partial charge in [-0.3, -0.25) is 4.68 Å². The number of alkyl halides is 3. The predicted molar refractivity (Wildman–Crippen MR) is 102 cm³/mol. The van der Waals surface area contributed by atoms with Gasteiger partial charge in [-0.25, -0.2) is 0 Å². The van der Waals surface area contributed by atoms with Crippen molar-refractivity contribution in [3.63, 3.8) is 0 Å². The highest BCUT2D eigenvalue weighted by Gasteiger charge is 2.31. The van der Waals surface area contributed by atoms with Crippen molar-refractivity contribution in [2.75, 3.05) is 6.61 Å². The van der Waals surface area contributed by atoms with Crippen LogP contribution in [0.15, 0.2) is 42.5 Å². The summed E-state index contributed by atoms with van der Waals surface area (Å²) in [5.41, 5.74) is 3.02. The fraction of sp³-hybridized carbons (Fsp3) is 0.250. The second-order valence-electron chi connectivity index (χ2n) is 6.26. The zero-order valence-corrected chi connectivity index (χ0v) is 15.8. The summed E-state index contributed by atoms with van der Waals surface area (Å²) in [5, 5.41) is 14.8. The van der Waals surface area contributed by atoms with Gasteiger partial charge in [-0.1, -0.05) is 23.7 Å². The number of aliphatic hydroxyl groups is 1. The highest BCUT2D eigenvalue weighted by atomic mass is 35.5. The Balaban J connectivity index is 2.06. The van der Waals surface area contributed by atoms with Gasteiger partial charge in [-0.2, -0.15) is 5.10 Å². The van der Waals surface area contributed by atoms with Crippen molar-refractivity contribution in [2.24, 2.45) is 0 Å². The van der Waals surface area contributed by atoms with E-state index in [0.717, 1.165) is 11.1 Å². The number of rotatable bonds is 6. The third-order valence-electron chi connectivity index (χ3n) is 4.18. The van der Waals surface area contributed by atoms with Crippen molar-refractivity contribution >= 4 is 28.6 Å². The van der Waals surface area contributed by atoms with E-state index in [0.29, 0.717) is 34.6 Å². The molecule has 148 valence electrons. The Morgan fingerprint density at radius 1 is 1.21 bits per heavy atom. The Hall–Kier alpha value is -2.51. The first-order valence-corrected chi connectivity index (χ1v) is 8.93. The molecule has 0 bridgehead atoms. The number of hydrogen-bond acceptors (Lipinski definition) is 3. The Kier molecular flexibility index (Phi) is 5.96. The van der Waals surface area contributed by atoms with Crippen LogP contribution in [0.3, 0.4) is 0 Å². The van der Waals surface area contributed by atoms with E-state index in [4.69, 9.17) is 16.7 Å². The van der Waals surface area contributed by atoms with Crippen LogP contribution in [0, 0.1) is 6.92 Å². The van der Waals surface area contributed by atoms with Gasteiger partial charge in [0.2, 0.25) is 0 Å². The van der Waals surface area contributed by atoms with Gasteiger partial charge in [0, 0.05) is 23.1 Å². The average molecular weight is 411 g/mol. The molecule has 1 aromatic heterocycles. The highest BCUT2D eigenvalue weighted by Crippen LogP contribution is 2.29. The van der Waals surface area contributed by atoms with E-state index in [1.54, 1.807) is 29.0 Å². The molecule has 0 unspecified atom stereocenters. The lowest BCUT2D eigenvalue weighted by Gasteiger charge is -2.10. The molecule has 0 aliphatic rings. The van der Waals surface area contributed by atoms with Crippen LogP contribution >= 0.6 is 11.6 Å². The minimum absolute atomic E-state index is 0.00266. The Morgan fingerprint density at radius 2 is 2.00 bits per heavy atom. The first-order valence-electron chi connectivity index (χ1n) is 8.55. The Labute approximate surface area is 164 Å². The molecule has 1 N–H and O–H groups in total. The van der Waals surface area contributed by atoms with Gasteiger partial charge in [0.1, 0.15) is 5.75 Å². The van der Waals surface area contributed by atoms with Crippen molar-refractivity contribution in [2.45, 2.75) is 26.3 Å². The molecule has 2 aromatic carbocycles. The number of nitrogens with zero attached hydrogens (tertiary/aromatic N) is 2. The van der Waals surface area contributed by atoms with Gasteiger partial charge in [0.05, 0.1) is 17.8 Å². The van der Waals surface area contributed by atoms with Gasteiger partial charge >= 0.3 is 6.36 Å². The first kappa shape index (κ1) is 20.2. The molecule has 0 amide bonds. The van der Waals surface area contributed by atoms with Gasteiger partial charge in [0.15, 0.2) is 0 Å². The number of fused-ring (bicyclic) bond motifs is 1. The number of aryl methyl sites for hydroxylation is 1. The largest absolute Gasteiger partial charge is 0.573 e. The maximum atomic E-state index is 12.6. The fourth-order valence-electron chi connectivity index (χ4n) is 2.89. The van der Waals surface area contributed by atoms with E-state index in [-0.39, 0.29) is 12.4 Å². The molecule has 0 spiro atoms. The monoisotopic (exact) mass is 410 g/mol. The predicted octanol–water partition coefficient (Wildman–Crippen LogP) is 5.34. The second-order valence-corrected chi connectivity index (χ2v) is 6.69. The first-order chi connectivity index (χ1) is 13.3. The summed E-state index contributed by atoms with van der Waals surface area (Å²) in [6.45, 7) is 2.28. The highest BCUT2D eigenvalue weighted by molar-refractivity contribution is 6.30. The Bertz CT molecular complexity index is 1010. The SMILES string of the molecule is Cc1cc(Cl)ccc1Cn1nc(/C=C/CCO)c2ccc(OC(F)(F)F)cc21. The molecule has 0 fully saturated rings. The lowest BCUT2D eigenvalue weighted by molar-refractivity contribution is -0.274. The molecule has 4 nitrogen and oxygen atoms in total. The normalized spacial score (nSPS) is 12.2. The van der Waals surface area contributed by atoms with Crippen LogP contribution < -0.4 is 4.74 Å². The third-order valence-corrected chi connectivity index (χ3v) is 4.42. The van der Waals surface area contributed by atoms with Gasteiger partial charge < -0.3 is 9.84 Å². The summed E-state index contributed by atoms with van der Waals surface area (Å²) in [5.74, 6) is -0.306. The van der Waals surface area contributed by atoms with Crippen LogP contribution in [0.1, 0.15) is 23.2 Å². The van der Waals surface area contributed by atoms with Crippen molar-refractivity contribution in [1.29, 1.82) is 0 Å². The van der Waals surface area contributed by atoms with Gasteiger partial charge in [-0.15, -0.1) is 13.2 Å². The topological polar surface area (TPSA) is 47.3 Å². The molecule has 0 aliphatic heterocycles. The summed E-state index contributed by atoms with van der Waals surface area (Å²) >= 11 is 6.00. The molecule has 0 atom stereocenters. The number of benzene rings is 2. The summed E-state index contributed by atoms with van der Waals surface area (Å²) in [6.07, 6.45) is -0.803. The van der Waals surface area contributed by atoms with Crippen molar-refractivity contribution in [1.82, 2.24) is 9.78 Å². The standard InChI is InChI=1S/C20H18ClF3N2O2/c1-13-10-15(21)6-5-14(13)12-26-19-11-16(28-20(22,23)24)7-8-17(19)18(25-26)4-2-3-9-27/h2,4-8,10-11,27H,3,9,12H2,1H3/b4-2+. The molecule has 0 saturated heterocycles. The number of aliphatic hydroxyl groups excluding tert-OH is 1. The molecule has 0 aliphatic carbocycles. The van der Waals surface area contributed by atoms with Crippen LogP contribution in [0.25, 0.3) is 17.0 Å². The lowest BCUT2D eigenvalue weighted by Crippen LogP contribution is -2.17. The summed E-state index contributed by atoms with van der Waals surface area (Å²) < 4.78 is 43.5. The smallest absolute Gasteiger partial charge is 0.406 e.